The highest BCUT2D eigenvalue weighted by molar-refractivity contribution is 7.53. The Morgan fingerprint density at radius 3 is 2.72 bits per heavy atom. The van der Waals surface area contributed by atoms with Gasteiger partial charge in [0.2, 0.25) is 5.95 Å². The summed E-state index contributed by atoms with van der Waals surface area (Å²) in [6.45, 7) is 3.89. The zero-order valence-electron chi connectivity index (χ0n) is 14.0. The van der Waals surface area contributed by atoms with Crippen molar-refractivity contribution in [1.82, 2.24) is 19.5 Å². The molecule has 2 aromatic heterocycles. The molecule has 0 aliphatic carbocycles. The summed E-state index contributed by atoms with van der Waals surface area (Å²) in [5.74, 6) is -0.454. The van der Waals surface area contributed by atoms with Crippen LogP contribution < -0.4 is 5.73 Å². The van der Waals surface area contributed by atoms with Gasteiger partial charge in [0.1, 0.15) is 11.3 Å². The van der Waals surface area contributed by atoms with Crippen molar-refractivity contribution < 1.29 is 18.0 Å². The zero-order chi connectivity index (χ0) is 18.4. The first-order valence-corrected chi connectivity index (χ1v) is 9.85. The molecule has 0 amide bonds. The van der Waals surface area contributed by atoms with Gasteiger partial charge in [-0.3, -0.25) is 4.57 Å². The van der Waals surface area contributed by atoms with E-state index in [1.807, 2.05) is 0 Å². The fourth-order valence-corrected chi connectivity index (χ4v) is 3.99. The molecular formula is C14H20ClFN5O3P. The molecule has 138 valence electrons. The van der Waals surface area contributed by atoms with E-state index in [-0.39, 0.29) is 43.4 Å². The topological polar surface area (TPSA) is 105 Å². The number of aromatic nitrogens is 4. The lowest BCUT2D eigenvalue weighted by Gasteiger charge is -2.15. The van der Waals surface area contributed by atoms with Crippen molar-refractivity contribution in [3.8, 4) is 0 Å². The Bertz CT molecular complexity index is 803. The summed E-state index contributed by atoms with van der Waals surface area (Å²) in [7, 11) is -3.18. The predicted molar refractivity (Wildman–Crippen MR) is 94.3 cm³/mol. The Kier molecular flexibility index (Phi) is 6.89. The minimum Gasteiger partial charge on any atom is -0.368 e. The molecule has 2 heterocycles. The standard InChI is InChI=1S/C14H20ClFN5O3P/c1-3-23-25(22,24-4-2)7-5-6-10(16)8-21-9-18-11-12(15)19-14(17)20-13(11)21/h6,9H,3-5,7-8H2,1-2H3,(H2,17,19,20)/b10-6+. The highest BCUT2D eigenvalue weighted by atomic mass is 35.5. The average Bonchev–Trinajstić information content (AvgIpc) is 2.91. The van der Waals surface area contributed by atoms with Crippen molar-refractivity contribution in [3.63, 3.8) is 0 Å². The Morgan fingerprint density at radius 1 is 1.40 bits per heavy atom. The van der Waals surface area contributed by atoms with E-state index in [0.29, 0.717) is 11.2 Å². The number of hydrogen-bond donors (Lipinski definition) is 1. The quantitative estimate of drug-likeness (QED) is 0.514. The molecule has 0 radical (unpaired) electrons. The van der Waals surface area contributed by atoms with Crippen LogP contribution in [0.4, 0.5) is 10.3 Å². The molecule has 0 unspecified atom stereocenters. The van der Waals surface area contributed by atoms with Gasteiger partial charge < -0.3 is 19.3 Å². The molecule has 0 spiro atoms. The molecule has 25 heavy (non-hydrogen) atoms. The third-order valence-corrected chi connectivity index (χ3v) is 5.55. The Balaban J connectivity index is 2.05. The van der Waals surface area contributed by atoms with Crippen molar-refractivity contribution in [2.45, 2.75) is 26.8 Å². The van der Waals surface area contributed by atoms with E-state index in [1.54, 1.807) is 13.8 Å². The molecule has 8 nitrogen and oxygen atoms in total. The van der Waals surface area contributed by atoms with Crippen molar-refractivity contribution in [1.29, 1.82) is 0 Å². The predicted octanol–water partition coefficient (Wildman–Crippen LogP) is 3.57. The molecule has 0 aliphatic heterocycles. The van der Waals surface area contributed by atoms with Gasteiger partial charge in [-0.25, -0.2) is 9.37 Å². The molecule has 0 aliphatic rings. The number of nitrogen functional groups attached to an aromatic ring is 1. The summed E-state index contributed by atoms with van der Waals surface area (Å²) < 4.78 is 38.3. The SMILES string of the molecule is CCOP(=O)(CC/C=C(/F)Cn1cnc2c(Cl)nc(N)nc21)OCC. The number of allylic oxidation sites excluding steroid dienone is 2. The Morgan fingerprint density at radius 2 is 2.08 bits per heavy atom. The number of fused-ring (bicyclic) bond motifs is 1. The van der Waals surface area contributed by atoms with Crippen LogP contribution in [0.2, 0.25) is 5.15 Å². The molecule has 0 atom stereocenters. The van der Waals surface area contributed by atoms with Gasteiger partial charge in [0.25, 0.3) is 0 Å². The minimum atomic E-state index is -3.18. The first-order valence-electron chi connectivity index (χ1n) is 7.75. The van der Waals surface area contributed by atoms with Crippen LogP contribution in [0.5, 0.6) is 0 Å². The van der Waals surface area contributed by atoms with E-state index < -0.39 is 13.4 Å². The molecule has 2 N–H and O–H groups in total. The van der Waals surface area contributed by atoms with Crippen LogP contribution in [-0.4, -0.2) is 38.9 Å². The molecule has 0 bridgehead atoms. The fourth-order valence-electron chi connectivity index (χ4n) is 2.21. The maximum atomic E-state index is 14.2. The van der Waals surface area contributed by atoms with Crippen LogP contribution in [0.15, 0.2) is 18.2 Å². The van der Waals surface area contributed by atoms with Gasteiger partial charge in [0.15, 0.2) is 10.8 Å². The van der Waals surface area contributed by atoms with Gasteiger partial charge in [0.05, 0.1) is 32.2 Å². The monoisotopic (exact) mass is 391 g/mol. The number of nitrogens with zero attached hydrogens (tertiary/aromatic N) is 4. The van der Waals surface area contributed by atoms with Gasteiger partial charge in [-0.2, -0.15) is 9.97 Å². The summed E-state index contributed by atoms with van der Waals surface area (Å²) in [6.07, 6.45) is 3.06. The maximum Gasteiger partial charge on any atom is 0.330 e. The van der Waals surface area contributed by atoms with Gasteiger partial charge in [-0.15, -0.1) is 0 Å². The number of anilines is 1. The smallest absolute Gasteiger partial charge is 0.330 e. The third-order valence-electron chi connectivity index (χ3n) is 3.18. The van der Waals surface area contributed by atoms with Crippen LogP contribution >= 0.6 is 19.2 Å². The zero-order valence-corrected chi connectivity index (χ0v) is 15.6. The molecule has 0 saturated heterocycles. The largest absolute Gasteiger partial charge is 0.368 e. The summed E-state index contributed by atoms with van der Waals surface area (Å²) in [5, 5.41) is 0.111. The van der Waals surface area contributed by atoms with Crippen LogP contribution in [0.3, 0.4) is 0 Å². The van der Waals surface area contributed by atoms with E-state index in [2.05, 4.69) is 15.0 Å². The van der Waals surface area contributed by atoms with Crippen molar-refractivity contribution >= 4 is 36.3 Å². The van der Waals surface area contributed by atoms with Crippen LogP contribution in [0, 0.1) is 0 Å². The van der Waals surface area contributed by atoms with Crippen LogP contribution in [0.25, 0.3) is 11.2 Å². The Labute approximate surface area is 149 Å². The Hall–Kier alpha value is -1.54. The van der Waals surface area contributed by atoms with E-state index in [9.17, 15) is 8.96 Å². The second kappa shape index (κ2) is 8.71. The van der Waals surface area contributed by atoms with E-state index >= 15 is 0 Å². The van der Waals surface area contributed by atoms with Gasteiger partial charge >= 0.3 is 7.60 Å². The van der Waals surface area contributed by atoms with Crippen LogP contribution in [0.1, 0.15) is 20.3 Å². The number of imidazole rings is 1. The molecule has 11 heteroatoms. The fraction of sp³-hybridized carbons (Fsp3) is 0.500. The highest BCUT2D eigenvalue weighted by Crippen LogP contribution is 2.48. The molecule has 2 aromatic rings. The number of hydrogen-bond acceptors (Lipinski definition) is 7. The van der Waals surface area contributed by atoms with E-state index in [1.165, 1.54) is 17.0 Å². The highest BCUT2D eigenvalue weighted by Gasteiger charge is 2.22. The average molecular weight is 392 g/mol. The van der Waals surface area contributed by atoms with Crippen LogP contribution in [-0.2, 0) is 20.2 Å². The molecule has 0 fully saturated rings. The second-order valence-corrected chi connectivity index (χ2v) is 7.57. The first-order chi connectivity index (χ1) is 11.9. The number of rotatable bonds is 9. The summed E-state index contributed by atoms with van der Waals surface area (Å²) in [6, 6.07) is 0. The normalized spacial score (nSPS) is 12.9. The second-order valence-electron chi connectivity index (χ2n) is 5.03. The molecular weight excluding hydrogens is 372 g/mol. The summed E-state index contributed by atoms with van der Waals surface area (Å²) in [4.78, 5) is 11.9. The lowest BCUT2D eigenvalue weighted by Crippen LogP contribution is -2.02. The van der Waals surface area contributed by atoms with Gasteiger partial charge in [0, 0.05) is 0 Å². The van der Waals surface area contributed by atoms with Crippen molar-refractivity contribution in [3.05, 3.63) is 23.4 Å². The minimum absolute atomic E-state index is 0.0157. The van der Waals surface area contributed by atoms with Crippen molar-refractivity contribution in [2.24, 2.45) is 0 Å². The summed E-state index contributed by atoms with van der Waals surface area (Å²) >= 11 is 5.93. The molecule has 0 saturated carbocycles. The third kappa shape index (κ3) is 5.22. The molecule has 2 rings (SSSR count). The van der Waals surface area contributed by atoms with E-state index in [0.717, 1.165) is 0 Å². The van der Waals surface area contributed by atoms with Gasteiger partial charge in [-0.1, -0.05) is 17.7 Å². The van der Waals surface area contributed by atoms with E-state index in [4.69, 9.17) is 26.4 Å². The lowest BCUT2D eigenvalue weighted by molar-refractivity contribution is 0.220. The first kappa shape index (κ1) is 19.8. The maximum absolute atomic E-state index is 14.2. The number of halogens is 2. The van der Waals surface area contributed by atoms with Crippen molar-refractivity contribution in [2.75, 3.05) is 25.1 Å². The van der Waals surface area contributed by atoms with Gasteiger partial charge in [-0.05, 0) is 20.3 Å². The lowest BCUT2D eigenvalue weighted by atomic mass is 10.4. The number of nitrogens with two attached hydrogens (primary N) is 1. The summed E-state index contributed by atoms with van der Waals surface area (Å²) in [5.41, 5.74) is 6.24. The molecule has 0 aromatic carbocycles.